The molecule has 0 radical (unpaired) electrons. The second kappa shape index (κ2) is 6.71. The summed E-state index contributed by atoms with van der Waals surface area (Å²) in [5.74, 6) is 3.33. The van der Waals surface area contributed by atoms with E-state index in [4.69, 9.17) is 4.74 Å². The van der Waals surface area contributed by atoms with Crippen LogP contribution in [0.2, 0.25) is 0 Å². The number of amides is 1. The first-order valence-corrected chi connectivity index (χ1v) is 9.30. The zero-order valence-corrected chi connectivity index (χ0v) is 14.4. The molecule has 1 saturated heterocycles. The van der Waals surface area contributed by atoms with Gasteiger partial charge in [-0.3, -0.25) is 4.79 Å². The first-order valence-electron chi connectivity index (χ1n) is 9.30. The van der Waals surface area contributed by atoms with E-state index in [1.807, 2.05) is 12.1 Å². The molecule has 1 amide bonds. The number of ether oxygens (including phenoxy) is 1. The molecule has 4 atom stereocenters. The van der Waals surface area contributed by atoms with Crippen molar-refractivity contribution in [1.82, 2.24) is 10.3 Å². The third kappa shape index (κ3) is 3.14. The van der Waals surface area contributed by atoms with E-state index < -0.39 is 0 Å². The Morgan fingerprint density at radius 2 is 2.12 bits per heavy atom. The van der Waals surface area contributed by atoms with Crippen molar-refractivity contribution in [3.8, 4) is 0 Å². The highest BCUT2D eigenvalue weighted by Gasteiger charge is 2.42. The Hall–Kier alpha value is -1.62. The summed E-state index contributed by atoms with van der Waals surface area (Å²) >= 11 is 0. The first kappa shape index (κ1) is 15.9. The van der Waals surface area contributed by atoms with E-state index in [-0.39, 0.29) is 11.9 Å². The molecular weight excluding hydrogens is 302 g/mol. The lowest BCUT2D eigenvalue weighted by atomic mass is 9.84. The molecule has 2 heterocycles. The quantitative estimate of drug-likeness (QED) is 0.922. The van der Waals surface area contributed by atoms with Gasteiger partial charge in [-0.15, -0.1) is 0 Å². The SMILES string of the molecule is CC(NC(=O)c1ccc(N2CCOCC2)nc1)C1CC2CCC1C2. The van der Waals surface area contributed by atoms with Gasteiger partial charge < -0.3 is 15.0 Å². The molecule has 3 aliphatic rings. The number of fused-ring (bicyclic) bond motifs is 2. The van der Waals surface area contributed by atoms with Crippen LogP contribution >= 0.6 is 0 Å². The second-order valence-electron chi connectivity index (χ2n) is 7.61. The molecule has 3 fully saturated rings. The van der Waals surface area contributed by atoms with Crippen molar-refractivity contribution < 1.29 is 9.53 Å². The maximum absolute atomic E-state index is 12.5. The largest absolute Gasteiger partial charge is 0.378 e. The third-order valence-electron chi connectivity index (χ3n) is 6.14. The highest BCUT2D eigenvalue weighted by atomic mass is 16.5. The number of nitrogens with zero attached hydrogens (tertiary/aromatic N) is 2. The van der Waals surface area contributed by atoms with Crippen LogP contribution in [0.25, 0.3) is 0 Å². The van der Waals surface area contributed by atoms with E-state index in [9.17, 15) is 4.79 Å². The minimum Gasteiger partial charge on any atom is -0.378 e. The summed E-state index contributed by atoms with van der Waals surface area (Å²) in [5.41, 5.74) is 0.655. The summed E-state index contributed by atoms with van der Waals surface area (Å²) < 4.78 is 5.36. The predicted molar refractivity (Wildman–Crippen MR) is 93.1 cm³/mol. The molecule has 0 aromatic carbocycles. The maximum Gasteiger partial charge on any atom is 0.253 e. The molecule has 0 spiro atoms. The van der Waals surface area contributed by atoms with Gasteiger partial charge in [-0.25, -0.2) is 4.98 Å². The van der Waals surface area contributed by atoms with Crippen LogP contribution in [0.5, 0.6) is 0 Å². The molecule has 2 bridgehead atoms. The van der Waals surface area contributed by atoms with Gasteiger partial charge in [0.15, 0.2) is 0 Å². The fourth-order valence-electron chi connectivity index (χ4n) is 4.80. The number of pyridine rings is 1. The molecule has 5 nitrogen and oxygen atoms in total. The van der Waals surface area contributed by atoms with Crippen LogP contribution in [-0.2, 0) is 4.74 Å². The van der Waals surface area contributed by atoms with E-state index in [0.29, 0.717) is 11.5 Å². The number of nitrogens with one attached hydrogen (secondary N) is 1. The van der Waals surface area contributed by atoms with Gasteiger partial charge in [0, 0.05) is 25.3 Å². The van der Waals surface area contributed by atoms with E-state index in [0.717, 1.165) is 44.0 Å². The van der Waals surface area contributed by atoms with Crippen LogP contribution < -0.4 is 10.2 Å². The maximum atomic E-state index is 12.5. The van der Waals surface area contributed by atoms with Crippen LogP contribution in [0.15, 0.2) is 18.3 Å². The lowest BCUT2D eigenvalue weighted by Crippen LogP contribution is -2.40. The molecule has 1 aliphatic heterocycles. The molecule has 2 saturated carbocycles. The van der Waals surface area contributed by atoms with Gasteiger partial charge in [-0.2, -0.15) is 0 Å². The Balaban J connectivity index is 1.35. The van der Waals surface area contributed by atoms with Gasteiger partial charge in [0.2, 0.25) is 0 Å². The molecule has 130 valence electrons. The van der Waals surface area contributed by atoms with E-state index in [2.05, 4.69) is 22.1 Å². The predicted octanol–water partition coefficient (Wildman–Crippen LogP) is 2.47. The van der Waals surface area contributed by atoms with Crippen molar-refractivity contribution in [2.45, 2.75) is 38.6 Å². The number of morpholine rings is 1. The van der Waals surface area contributed by atoms with E-state index in [1.165, 1.54) is 25.7 Å². The number of hydrogen-bond donors (Lipinski definition) is 1. The second-order valence-corrected chi connectivity index (χ2v) is 7.61. The van der Waals surface area contributed by atoms with Crippen LogP contribution in [0.1, 0.15) is 43.0 Å². The number of rotatable bonds is 4. The summed E-state index contributed by atoms with van der Waals surface area (Å²) in [6.45, 7) is 5.37. The van der Waals surface area contributed by atoms with Crippen LogP contribution in [-0.4, -0.2) is 43.2 Å². The minimum atomic E-state index is 0.00583. The summed E-state index contributed by atoms with van der Waals surface area (Å²) in [6, 6.07) is 4.09. The lowest BCUT2D eigenvalue weighted by molar-refractivity contribution is 0.0915. The van der Waals surface area contributed by atoms with E-state index >= 15 is 0 Å². The Labute approximate surface area is 143 Å². The smallest absolute Gasteiger partial charge is 0.253 e. The Kier molecular flexibility index (Phi) is 4.44. The topological polar surface area (TPSA) is 54.5 Å². The van der Waals surface area contributed by atoms with Crippen molar-refractivity contribution in [1.29, 1.82) is 0 Å². The van der Waals surface area contributed by atoms with Crippen molar-refractivity contribution in [2.75, 3.05) is 31.2 Å². The molecule has 1 aromatic rings. The Morgan fingerprint density at radius 3 is 2.75 bits per heavy atom. The summed E-state index contributed by atoms with van der Waals surface area (Å²) in [7, 11) is 0. The fraction of sp³-hybridized carbons (Fsp3) is 0.684. The van der Waals surface area contributed by atoms with Gasteiger partial charge in [0.1, 0.15) is 5.82 Å². The van der Waals surface area contributed by atoms with E-state index in [1.54, 1.807) is 6.20 Å². The molecule has 1 N–H and O–H groups in total. The Bertz CT molecular complexity index is 583. The number of anilines is 1. The van der Waals surface area contributed by atoms with Gasteiger partial charge in [0.25, 0.3) is 5.91 Å². The van der Waals surface area contributed by atoms with Crippen LogP contribution in [0.3, 0.4) is 0 Å². The molecule has 4 unspecified atom stereocenters. The summed E-state index contributed by atoms with van der Waals surface area (Å²) in [5, 5.41) is 3.21. The zero-order chi connectivity index (χ0) is 16.5. The molecule has 1 aromatic heterocycles. The van der Waals surface area contributed by atoms with Gasteiger partial charge >= 0.3 is 0 Å². The third-order valence-corrected chi connectivity index (χ3v) is 6.14. The van der Waals surface area contributed by atoms with Gasteiger partial charge in [-0.05, 0) is 56.1 Å². The van der Waals surface area contributed by atoms with Crippen molar-refractivity contribution in [3.63, 3.8) is 0 Å². The molecule has 5 heteroatoms. The minimum absolute atomic E-state index is 0.00583. The number of hydrogen-bond acceptors (Lipinski definition) is 4. The standard InChI is InChI=1S/C19H27N3O2/c1-13(17-11-14-2-3-15(17)10-14)21-19(23)16-4-5-18(20-12-16)22-6-8-24-9-7-22/h4-5,12-15,17H,2-3,6-11H2,1H3,(H,21,23). The van der Waals surface area contributed by atoms with Crippen LogP contribution in [0.4, 0.5) is 5.82 Å². The molecule has 4 rings (SSSR count). The molecule has 24 heavy (non-hydrogen) atoms. The summed E-state index contributed by atoms with van der Waals surface area (Å²) in [6.07, 6.45) is 7.12. The van der Waals surface area contributed by atoms with Crippen molar-refractivity contribution in [3.05, 3.63) is 23.9 Å². The highest BCUT2D eigenvalue weighted by Crippen LogP contribution is 2.49. The number of aromatic nitrogens is 1. The zero-order valence-electron chi connectivity index (χ0n) is 14.4. The van der Waals surface area contributed by atoms with Crippen molar-refractivity contribution in [2.24, 2.45) is 17.8 Å². The average Bonchev–Trinajstić information content (AvgIpc) is 3.26. The highest BCUT2D eigenvalue weighted by molar-refractivity contribution is 5.94. The molecule has 2 aliphatic carbocycles. The van der Waals surface area contributed by atoms with Gasteiger partial charge in [0.05, 0.1) is 18.8 Å². The van der Waals surface area contributed by atoms with Crippen LogP contribution in [0, 0.1) is 17.8 Å². The van der Waals surface area contributed by atoms with Gasteiger partial charge in [-0.1, -0.05) is 6.42 Å². The monoisotopic (exact) mass is 329 g/mol. The first-order chi connectivity index (χ1) is 11.7. The fourth-order valence-corrected chi connectivity index (χ4v) is 4.80. The van der Waals surface area contributed by atoms with Crippen molar-refractivity contribution >= 4 is 11.7 Å². The number of carbonyl (C=O) groups excluding carboxylic acids is 1. The average molecular weight is 329 g/mol. The Morgan fingerprint density at radius 1 is 1.29 bits per heavy atom. The number of carbonyl (C=O) groups is 1. The lowest BCUT2D eigenvalue weighted by Gasteiger charge is -2.29. The molecular formula is C19H27N3O2. The summed E-state index contributed by atoms with van der Waals surface area (Å²) in [4.78, 5) is 19.2. The normalized spacial score (nSPS) is 30.4.